The van der Waals surface area contributed by atoms with E-state index in [2.05, 4.69) is 34.5 Å². The van der Waals surface area contributed by atoms with E-state index in [4.69, 9.17) is 14.6 Å². The van der Waals surface area contributed by atoms with Gasteiger partial charge in [0.2, 0.25) is 0 Å². The molecule has 1 aliphatic heterocycles. The Bertz CT molecular complexity index is 1300. The summed E-state index contributed by atoms with van der Waals surface area (Å²) in [5, 5.41) is 8.16. The van der Waals surface area contributed by atoms with E-state index in [0.29, 0.717) is 43.3 Å². The van der Waals surface area contributed by atoms with Crippen molar-refractivity contribution in [2.45, 2.75) is 12.6 Å². The summed E-state index contributed by atoms with van der Waals surface area (Å²) in [6.07, 6.45) is 1.83. The molecule has 0 radical (unpaired) electrons. The Balaban J connectivity index is 1.48. The Kier molecular flexibility index (Phi) is 7.93. The average Bonchev–Trinajstić information content (AvgIpc) is 3.38. The highest BCUT2D eigenvalue weighted by Crippen LogP contribution is 2.31. The van der Waals surface area contributed by atoms with Crippen molar-refractivity contribution in [3.05, 3.63) is 108 Å². The minimum atomic E-state index is -0.171. The van der Waals surface area contributed by atoms with E-state index in [1.165, 1.54) is 0 Å². The SMILES string of the molecule is COc1ccccc1-c1nn(Cc2ccccc2)cc1C(=O)N[C@H](CN1CCOCC1)c1ccccc1. The average molecular weight is 497 g/mol. The maximum absolute atomic E-state index is 13.9. The Labute approximate surface area is 217 Å². The van der Waals surface area contributed by atoms with E-state index < -0.39 is 0 Å². The molecule has 1 atom stereocenters. The normalized spacial score (nSPS) is 14.7. The fourth-order valence-corrected chi connectivity index (χ4v) is 4.68. The van der Waals surface area contributed by atoms with E-state index >= 15 is 0 Å². The molecule has 1 saturated heterocycles. The summed E-state index contributed by atoms with van der Waals surface area (Å²) in [7, 11) is 1.63. The van der Waals surface area contributed by atoms with Crippen LogP contribution in [0.1, 0.15) is 27.5 Å². The second kappa shape index (κ2) is 11.9. The molecule has 0 aliphatic carbocycles. The van der Waals surface area contributed by atoms with Crippen molar-refractivity contribution in [2.75, 3.05) is 40.0 Å². The number of rotatable bonds is 9. The van der Waals surface area contributed by atoms with Crippen LogP contribution < -0.4 is 10.1 Å². The zero-order valence-corrected chi connectivity index (χ0v) is 21.0. The van der Waals surface area contributed by atoms with Gasteiger partial charge in [-0.15, -0.1) is 0 Å². The van der Waals surface area contributed by atoms with Crippen molar-refractivity contribution in [1.82, 2.24) is 20.0 Å². The third-order valence-electron chi connectivity index (χ3n) is 6.61. The lowest BCUT2D eigenvalue weighted by Crippen LogP contribution is -2.43. The van der Waals surface area contributed by atoms with Gasteiger partial charge < -0.3 is 14.8 Å². The van der Waals surface area contributed by atoms with Crippen LogP contribution in [0.5, 0.6) is 5.75 Å². The number of methoxy groups -OCH3 is 1. The number of benzene rings is 3. The molecule has 0 spiro atoms. The highest BCUT2D eigenvalue weighted by molar-refractivity contribution is 6.00. The number of carbonyl (C=O) groups is 1. The van der Waals surface area contributed by atoms with Crippen LogP contribution in [-0.2, 0) is 11.3 Å². The Hall–Kier alpha value is -3.94. The summed E-state index contributed by atoms with van der Waals surface area (Å²) in [5.74, 6) is 0.511. The summed E-state index contributed by atoms with van der Waals surface area (Å²) in [4.78, 5) is 16.2. The van der Waals surface area contributed by atoms with Gasteiger partial charge in [0.1, 0.15) is 11.4 Å². The van der Waals surface area contributed by atoms with Crippen molar-refractivity contribution in [3.63, 3.8) is 0 Å². The number of carbonyl (C=O) groups excluding carboxylic acids is 1. The van der Waals surface area contributed by atoms with Crippen LogP contribution in [0.25, 0.3) is 11.3 Å². The van der Waals surface area contributed by atoms with Gasteiger partial charge >= 0.3 is 0 Å². The third kappa shape index (κ3) is 6.07. The van der Waals surface area contributed by atoms with Gasteiger partial charge in [0.25, 0.3) is 5.91 Å². The summed E-state index contributed by atoms with van der Waals surface area (Å²) in [6.45, 7) is 4.38. The van der Waals surface area contributed by atoms with Crippen LogP contribution in [0, 0.1) is 0 Å². The van der Waals surface area contributed by atoms with E-state index in [9.17, 15) is 4.79 Å². The number of amides is 1. The molecule has 0 unspecified atom stereocenters. The molecule has 1 N–H and O–H groups in total. The van der Waals surface area contributed by atoms with E-state index in [0.717, 1.165) is 29.8 Å². The zero-order chi connectivity index (χ0) is 25.5. The van der Waals surface area contributed by atoms with E-state index in [1.54, 1.807) is 7.11 Å². The third-order valence-corrected chi connectivity index (χ3v) is 6.61. The summed E-state index contributed by atoms with van der Waals surface area (Å²) in [6, 6.07) is 27.7. The Morgan fingerprint density at radius 2 is 1.65 bits per heavy atom. The van der Waals surface area contributed by atoms with Crippen molar-refractivity contribution >= 4 is 5.91 Å². The second-order valence-electron chi connectivity index (χ2n) is 9.12. The van der Waals surface area contributed by atoms with Crippen LogP contribution in [0.2, 0.25) is 0 Å². The van der Waals surface area contributed by atoms with Crippen molar-refractivity contribution in [3.8, 4) is 17.0 Å². The monoisotopic (exact) mass is 496 g/mol. The van der Waals surface area contributed by atoms with Crippen LogP contribution in [-0.4, -0.2) is 60.5 Å². The number of aromatic nitrogens is 2. The lowest BCUT2D eigenvalue weighted by Gasteiger charge is -2.31. The summed E-state index contributed by atoms with van der Waals surface area (Å²) in [5.41, 5.74) is 4.08. The summed E-state index contributed by atoms with van der Waals surface area (Å²) >= 11 is 0. The number of nitrogens with one attached hydrogen (secondary N) is 1. The zero-order valence-electron chi connectivity index (χ0n) is 21.0. The Morgan fingerprint density at radius 3 is 2.38 bits per heavy atom. The molecule has 7 nitrogen and oxygen atoms in total. The summed E-state index contributed by atoms with van der Waals surface area (Å²) < 4.78 is 13.0. The molecular formula is C30H32N4O3. The van der Waals surface area contributed by atoms with E-state index in [1.807, 2.05) is 71.5 Å². The first kappa shape index (κ1) is 24.7. The first-order valence-electron chi connectivity index (χ1n) is 12.6. The van der Waals surface area contributed by atoms with Crippen molar-refractivity contribution in [2.24, 2.45) is 0 Å². The molecule has 1 aromatic heterocycles. The minimum absolute atomic E-state index is 0.165. The fraction of sp³-hybridized carbons (Fsp3) is 0.267. The highest BCUT2D eigenvalue weighted by atomic mass is 16.5. The first-order chi connectivity index (χ1) is 18.2. The van der Waals surface area contributed by atoms with E-state index in [-0.39, 0.29) is 11.9 Å². The second-order valence-corrected chi connectivity index (χ2v) is 9.12. The highest BCUT2D eigenvalue weighted by Gasteiger charge is 2.25. The predicted octanol–water partition coefficient (Wildman–Crippen LogP) is 4.41. The van der Waals surface area contributed by atoms with Gasteiger partial charge in [0.15, 0.2) is 0 Å². The molecular weight excluding hydrogens is 464 g/mol. The lowest BCUT2D eigenvalue weighted by atomic mass is 10.0. The number of hydrogen-bond donors (Lipinski definition) is 1. The number of hydrogen-bond acceptors (Lipinski definition) is 5. The fourth-order valence-electron chi connectivity index (χ4n) is 4.68. The Morgan fingerprint density at radius 1 is 0.973 bits per heavy atom. The number of nitrogens with zero attached hydrogens (tertiary/aromatic N) is 3. The molecule has 2 heterocycles. The molecule has 0 saturated carbocycles. The molecule has 1 fully saturated rings. The van der Waals surface area contributed by atoms with Gasteiger partial charge in [-0.2, -0.15) is 5.10 Å². The van der Waals surface area contributed by atoms with Gasteiger partial charge in [-0.1, -0.05) is 72.8 Å². The maximum atomic E-state index is 13.9. The van der Waals surface area contributed by atoms with Gasteiger partial charge in [-0.3, -0.25) is 14.4 Å². The van der Waals surface area contributed by atoms with Gasteiger partial charge in [-0.25, -0.2) is 0 Å². The number of morpholine rings is 1. The molecule has 190 valence electrons. The number of ether oxygens (including phenoxy) is 2. The molecule has 7 heteroatoms. The minimum Gasteiger partial charge on any atom is -0.496 e. The van der Waals surface area contributed by atoms with Crippen LogP contribution >= 0.6 is 0 Å². The standard InChI is InChI=1S/C30H32N4O3/c1-36-28-15-9-8-14-25(28)29-26(21-34(32-29)20-23-10-4-2-5-11-23)30(35)31-27(24-12-6-3-7-13-24)22-33-16-18-37-19-17-33/h2-15,21,27H,16-20,22H2,1H3,(H,31,35)/t27-/m1/s1. The molecule has 3 aromatic carbocycles. The van der Waals surface area contributed by atoms with Crippen molar-refractivity contribution < 1.29 is 14.3 Å². The maximum Gasteiger partial charge on any atom is 0.255 e. The smallest absolute Gasteiger partial charge is 0.255 e. The van der Waals surface area contributed by atoms with Crippen LogP contribution in [0.3, 0.4) is 0 Å². The van der Waals surface area contributed by atoms with Gasteiger partial charge in [-0.05, 0) is 23.3 Å². The molecule has 5 rings (SSSR count). The molecule has 37 heavy (non-hydrogen) atoms. The van der Waals surface area contributed by atoms with Crippen molar-refractivity contribution in [1.29, 1.82) is 0 Å². The lowest BCUT2D eigenvalue weighted by molar-refractivity contribution is 0.0332. The largest absolute Gasteiger partial charge is 0.496 e. The quantitative estimate of drug-likeness (QED) is 0.372. The van der Waals surface area contributed by atoms with Crippen LogP contribution in [0.15, 0.2) is 91.1 Å². The predicted molar refractivity (Wildman–Crippen MR) is 144 cm³/mol. The molecule has 1 aliphatic rings. The molecule has 1 amide bonds. The molecule has 4 aromatic rings. The molecule has 0 bridgehead atoms. The number of para-hydroxylation sites is 1. The van der Waals surface area contributed by atoms with Gasteiger partial charge in [0.05, 0.1) is 38.5 Å². The van der Waals surface area contributed by atoms with Gasteiger partial charge in [0, 0.05) is 31.4 Å². The first-order valence-corrected chi connectivity index (χ1v) is 12.6. The topological polar surface area (TPSA) is 68.6 Å². The van der Waals surface area contributed by atoms with Crippen LogP contribution in [0.4, 0.5) is 0 Å².